The maximum atomic E-state index is 12.2. The minimum Gasteiger partial charge on any atom is -0.480 e. The first-order valence-corrected chi connectivity index (χ1v) is 7.68. The van der Waals surface area contributed by atoms with Crippen molar-refractivity contribution in [2.75, 3.05) is 40.5 Å². The Hall–Kier alpha value is -0.740. The first-order chi connectivity index (χ1) is 9.26. The summed E-state index contributed by atoms with van der Waals surface area (Å²) in [7, 11) is -0.992. The molecule has 2 N–H and O–H groups in total. The lowest BCUT2D eigenvalue weighted by atomic mass is 10.1. The summed E-state index contributed by atoms with van der Waals surface area (Å²) >= 11 is 0. The first kappa shape index (κ1) is 19.3. The van der Waals surface area contributed by atoms with E-state index in [1.807, 2.05) is 0 Å². The van der Waals surface area contributed by atoms with Gasteiger partial charge in [-0.3, -0.25) is 4.79 Å². The van der Waals surface area contributed by atoms with E-state index in [-0.39, 0.29) is 32.2 Å². The van der Waals surface area contributed by atoms with Gasteiger partial charge in [0.05, 0.1) is 13.2 Å². The summed E-state index contributed by atoms with van der Waals surface area (Å²) in [5.41, 5.74) is 0. The van der Waals surface area contributed by atoms with Gasteiger partial charge in [0.15, 0.2) is 0 Å². The zero-order valence-corrected chi connectivity index (χ0v) is 13.1. The van der Waals surface area contributed by atoms with E-state index >= 15 is 0 Å². The van der Waals surface area contributed by atoms with Crippen molar-refractivity contribution in [2.45, 2.75) is 19.9 Å². The number of aliphatic carboxylic acids is 1. The molecule has 0 radical (unpaired) electrons. The van der Waals surface area contributed by atoms with Crippen LogP contribution in [0.15, 0.2) is 0 Å². The second-order valence-electron chi connectivity index (χ2n) is 4.57. The van der Waals surface area contributed by atoms with Gasteiger partial charge in [-0.1, -0.05) is 13.8 Å². The van der Waals surface area contributed by atoms with Crippen LogP contribution in [-0.4, -0.2) is 70.4 Å². The van der Waals surface area contributed by atoms with Gasteiger partial charge in [0, 0.05) is 27.3 Å². The van der Waals surface area contributed by atoms with Gasteiger partial charge in [0.2, 0.25) is 0 Å². The molecule has 0 aromatic rings. The molecule has 1 atom stereocenters. The predicted molar refractivity (Wildman–Crippen MR) is 73.6 cm³/mol. The number of carbonyl (C=O) groups is 1. The number of nitrogens with zero attached hydrogens (tertiary/aromatic N) is 1. The summed E-state index contributed by atoms with van der Waals surface area (Å²) in [4.78, 5) is 11.1. The number of carboxylic acids is 1. The molecule has 8 nitrogen and oxygen atoms in total. The van der Waals surface area contributed by atoms with E-state index in [0.717, 1.165) is 4.31 Å². The molecule has 0 aliphatic heterocycles. The molecule has 0 unspecified atom stereocenters. The molecule has 0 spiro atoms. The highest BCUT2D eigenvalue weighted by molar-refractivity contribution is 7.87. The lowest BCUT2D eigenvalue weighted by Crippen LogP contribution is -2.51. The van der Waals surface area contributed by atoms with Crippen LogP contribution in [0.2, 0.25) is 0 Å². The van der Waals surface area contributed by atoms with E-state index in [1.54, 1.807) is 13.8 Å². The highest BCUT2D eigenvalue weighted by Gasteiger charge is 2.30. The average Bonchev–Trinajstić information content (AvgIpc) is 2.35. The van der Waals surface area contributed by atoms with E-state index < -0.39 is 22.2 Å². The number of hydrogen-bond acceptors (Lipinski definition) is 5. The number of ether oxygens (including phenoxy) is 2. The lowest BCUT2D eigenvalue weighted by molar-refractivity contribution is -0.140. The predicted octanol–water partition coefficient (Wildman–Crippen LogP) is -0.475. The molecule has 9 heteroatoms. The normalized spacial score (nSPS) is 13.9. The minimum atomic E-state index is -3.91. The van der Waals surface area contributed by atoms with Crippen LogP contribution in [0.5, 0.6) is 0 Å². The third kappa shape index (κ3) is 6.62. The molecule has 0 aliphatic rings. The van der Waals surface area contributed by atoms with Crippen LogP contribution in [-0.2, 0) is 24.5 Å². The van der Waals surface area contributed by atoms with Crippen LogP contribution >= 0.6 is 0 Å². The molecule has 0 heterocycles. The molecular weight excluding hydrogens is 288 g/mol. The highest BCUT2D eigenvalue weighted by Crippen LogP contribution is 2.07. The van der Waals surface area contributed by atoms with E-state index in [4.69, 9.17) is 14.6 Å². The molecule has 0 saturated heterocycles. The van der Waals surface area contributed by atoms with Crippen LogP contribution in [0, 0.1) is 5.92 Å². The molecule has 0 fully saturated rings. The Kier molecular flexibility index (Phi) is 8.90. The van der Waals surface area contributed by atoms with Gasteiger partial charge < -0.3 is 14.6 Å². The number of carboxylic acid groups (broad SMARTS) is 1. The lowest BCUT2D eigenvalue weighted by Gasteiger charge is -2.25. The summed E-state index contributed by atoms with van der Waals surface area (Å²) in [5.74, 6) is -1.57. The molecule has 0 rings (SSSR count). The maximum Gasteiger partial charge on any atom is 0.322 e. The Morgan fingerprint density at radius 1 is 1.20 bits per heavy atom. The third-order valence-electron chi connectivity index (χ3n) is 2.64. The highest BCUT2D eigenvalue weighted by atomic mass is 32.2. The number of rotatable bonds is 11. The monoisotopic (exact) mass is 312 g/mol. The van der Waals surface area contributed by atoms with Crippen LogP contribution < -0.4 is 4.72 Å². The van der Waals surface area contributed by atoms with Crippen molar-refractivity contribution in [3.8, 4) is 0 Å². The summed E-state index contributed by atoms with van der Waals surface area (Å²) in [6, 6.07) is -1.17. The van der Waals surface area contributed by atoms with Gasteiger partial charge in [-0.2, -0.15) is 17.4 Å². The average molecular weight is 312 g/mol. The number of hydrogen-bond donors (Lipinski definition) is 2. The quantitative estimate of drug-likeness (QED) is 0.534. The fraction of sp³-hybridized carbons (Fsp3) is 0.909. The van der Waals surface area contributed by atoms with Gasteiger partial charge in [-0.25, -0.2) is 0 Å². The van der Waals surface area contributed by atoms with E-state index in [2.05, 4.69) is 4.72 Å². The summed E-state index contributed by atoms with van der Waals surface area (Å²) in [6.45, 7) is 3.94. The topological polar surface area (TPSA) is 105 Å². The zero-order valence-electron chi connectivity index (χ0n) is 12.3. The largest absolute Gasteiger partial charge is 0.480 e. The minimum absolute atomic E-state index is 0.125. The van der Waals surface area contributed by atoms with Gasteiger partial charge >= 0.3 is 5.97 Å². The van der Waals surface area contributed by atoms with Gasteiger partial charge in [0.1, 0.15) is 6.04 Å². The molecule has 0 aromatic heterocycles. The fourth-order valence-corrected chi connectivity index (χ4v) is 2.92. The molecular formula is C11H24N2O6S. The van der Waals surface area contributed by atoms with Crippen molar-refractivity contribution < 1.29 is 27.8 Å². The smallest absolute Gasteiger partial charge is 0.322 e. The molecule has 0 aromatic carbocycles. The van der Waals surface area contributed by atoms with Crippen molar-refractivity contribution >= 4 is 16.2 Å². The fourth-order valence-electron chi connectivity index (χ4n) is 1.45. The van der Waals surface area contributed by atoms with Gasteiger partial charge in [0.25, 0.3) is 10.2 Å². The van der Waals surface area contributed by atoms with Crippen molar-refractivity contribution in [1.29, 1.82) is 0 Å². The Balaban J connectivity index is 4.94. The van der Waals surface area contributed by atoms with Crippen LogP contribution in [0.3, 0.4) is 0 Å². The summed E-state index contributed by atoms with van der Waals surface area (Å²) in [6.07, 6.45) is 0. The molecule has 0 bridgehead atoms. The number of nitrogens with one attached hydrogen (secondary N) is 1. The van der Waals surface area contributed by atoms with Gasteiger partial charge in [-0.15, -0.1) is 0 Å². The number of methoxy groups -OCH3 is 2. The Morgan fingerprint density at radius 3 is 1.95 bits per heavy atom. The van der Waals surface area contributed by atoms with Crippen molar-refractivity contribution in [2.24, 2.45) is 5.92 Å². The maximum absolute atomic E-state index is 12.2. The van der Waals surface area contributed by atoms with Crippen LogP contribution in [0.4, 0.5) is 0 Å². The molecule has 120 valence electrons. The van der Waals surface area contributed by atoms with E-state index in [9.17, 15) is 13.2 Å². The summed E-state index contributed by atoms with van der Waals surface area (Å²) < 4.78 is 37.4. The van der Waals surface area contributed by atoms with Crippen molar-refractivity contribution in [3.05, 3.63) is 0 Å². The van der Waals surface area contributed by atoms with Crippen LogP contribution in [0.1, 0.15) is 13.8 Å². The Morgan fingerprint density at radius 2 is 1.65 bits per heavy atom. The second-order valence-corrected chi connectivity index (χ2v) is 6.27. The van der Waals surface area contributed by atoms with Gasteiger partial charge in [-0.05, 0) is 5.92 Å². The molecule has 0 saturated carbocycles. The molecule has 0 aliphatic carbocycles. The standard InChI is InChI=1S/C11H24N2O6S/c1-9(2)10(11(14)15)12-20(16,17)13(5-7-18-3)6-8-19-4/h9-10,12H,5-8H2,1-4H3,(H,14,15)/t10-/m0/s1. The first-order valence-electron chi connectivity index (χ1n) is 6.24. The summed E-state index contributed by atoms with van der Waals surface area (Å²) in [5, 5.41) is 9.05. The van der Waals surface area contributed by atoms with E-state index in [1.165, 1.54) is 14.2 Å². The second kappa shape index (κ2) is 9.24. The molecule has 20 heavy (non-hydrogen) atoms. The SMILES string of the molecule is COCCN(CCOC)S(=O)(=O)N[C@H](C(=O)O)C(C)C. The van der Waals surface area contributed by atoms with E-state index in [0.29, 0.717) is 0 Å². The third-order valence-corrected chi connectivity index (χ3v) is 4.23. The van der Waals surface area contributed by atoms with Crippen molar-refractivity contribution in [3.63, 3.8) is 0 Å². The Labute approximate surface area is 120 Å². The Bertz CT molecular complexity index is 376. The van der Waals surface area contributed by atoms with Crippen molar-refractivity contribution in [1.82, 2.24) is 9.03 Å². The zero-order chi connectivity index (χ0) is 15.8. The van der Waals surface area contributed by atoms with Crippen LogP contribution in [0.25, 0.3) is 0 Å². The molecule has 0 amide bonds.